The van der Waals surface area contributed by atoms with Crippen molar-refractivity contribution in [2.75, 3.05) is 7.11 Å². The van der Waals surface area contributed by atoms with Crippen molar-refractivity contribution in [3.05, 3.63) is 58.9 Å². The minimum absolute atomic E-state index is 0.0643. The molecule has 4 heteroatoms. The summed E-state index contributed by atoms with van der Waals surface area (Å²) in [7, 11) is 1.61. The molecule has 0 amide bonds. The van der Waals surface area contributed by atoms with Crippen LogP contribution in [0.15, 0.2) is 36.4 Å². The van der Waals surface area contributed by atoms with E-state index in [2.05, 4.69) is 0 Å². The molecule has 2 N–H and O–H groups in total. The lowest BCUT2D eigenvalue weighted by Gasteiger charge is -2.14. The number of hydrogen-bond donors (Lipinski definition) is 1. The first-order valence-corrected chi connectivity index (χ1v) is 6.82. The fourth-order valence-corrected chi connectivity index (χ4v) is 2.08. The van der Waals surface area contributed by atoms with Crippen LogP contribution in [-0.4, -0.2) is 7.11 Å². The molecule has 1 atom stereocenters. The Hall–Kier alpha value is -2.07. The van der Waals surface area contributed by atoms with Gasteiger partial charge in [-0.25, -0.2) is 4.39 Å². The van der Waals surface area contributed by atoms with Gasteiger partial charge in [0, 0.05) is 17.7 Å². The first-order chi connectivity index (χ1) is 10.0. The van der Waals surface area contributed by atoms with Crippen molar-refractivity contribution in [1.29, 1.82) is 0 Å². The van der Waals surface area contributed by atoms with Gasteiger partial charge in [0.25, 0.3) is 0 Å². The van der Waals surface area contributed by atoms with E-state index in [0.717, 1.165) is 22.4 Å². The van der Waals surface area contributed by atoms with Crippen LogP contribution in [0.25, 0.3) is 0 Å². The number of halogens is 1. The number of ether oxygens (including phenoxy) is 2. The predicted octanol–water partition coefficient (Wildman–Crippen LogP) is 3.74. The molecule has 0 aromatic heterocycles. The zero-order valence-corrected chi connectivity index (χ0v) is 12.5. The van der Waals surface area contributed by atoms with Gasteiger partial charge in [0.15, 0.2) is 0 Å². The second-order valence-corrected chi connectivity index (χ2v) is 5.06. The quantitative estimate of drug-likeness (QED) is 0.912. The van der Waals surface area contributed by atoms with Crippen LogP contribution in [0.1, 0.15) is 29.7 Å². The summed E-state index contributed by atoms with van der Waals surface area (Å²) in [5, 5.41) is 0. The van der Waals surface area contributed by atoms with E-state index < -0.39 is 0 Å². The second kappa shape index (κ2) is 6.59. The van der Waals surface area contributed by atoms with E-state index in [1.165, 1.54) is 12.1 Å². The number of nitrogens with two attached hydrogens (primary N) is 1. The van der Waals surface area contributed by atoms with Crippen LogP contribution >= 0.6 is 0 Å². The van der Waals surface area contributed by atoms with Crippen molar-refractivity contribution in [2.24, 2.45) is 5.73 Å². The van der Waals surface area contributed by atoms with Crippen LogP contribution in [0.5, 0.6) is 11.5 Å². The van der Waals surface area contributed by atoms with Gasteiger partial charge in [-0.2, -0.15) is 0 Å². The van der Waals surface area contributed by atoms with Crippen LogP contribution in [0, 0.1) is 12.7 Å². The molecule has 0 aliphatic heterocycles. The van der Waals surface area contributed by atoms with Crippen LogP contribution in [0.2, 0.25) is 0 Å². The maximum absolute atomic E-state index is 13.3. The summed E-state index contributed by atoms with van der Waals surface area (Å²) in [5.74, 6) is 0.948. The van der Waals surface area contributed by atoms with Crippen molar-refractivity contribution < 1.29 is 13.9 Å². The molecule has 0 fully saturated rings. The molecule has 0 saturated carbocycles. The molecule has 0 spiro atoms. The van der Waals surface area contributed by atoms with Gasteiger partial charge in [0.1, 0.15) is 23.9 Å². The standard InChI is InChI=1S/C17H20FNO2/c1-11-4-6-15(18)9-17(11)21-10-14-8-13(12(2)19)5-7-16(14)20-3/h4-9,12H,10,19H2,1-3H3. The van der Waals surface area contributed by atoms with Gasteiger partial charge in [-0.1, -0.05) is 12.1 Å². The third-order valence-corrected chi connectivity index (χ3v) is 3.36. The normalized spacial score (nSPS) is 12.0. The summed E-state index contributed by atoms with van der Waals surface area (Å²) in [5.41, 5.74) is 8.67. The van der Waals surface area contributed by atoms with E-state index in [1.54, 1.807) is 13.2 Å². The van der Waals surface area contributed by atoms with Crippen LogP contribution < -0.4 is 15.2 Å². The van der Waals surface area contributed by atoms with Crippen molar-refractivity contribution in [3.63, 3.8) is 0 Å². The van der Waals surface area contributed by atoms with E-state index in [9.17, 15) is 4.39 Å². The van der Waals surface area contributed by atoms with Gasteiger partial charge >= 0.3 is 0 Å². The van der Waals surface area contributed by atoms with E-state index in [4.69, 9.17) is 15.2 Å². The Kier molecular flexibility index (Phi) is 4.81. The molecule has 112 valence electrons. The van der Waals surface area contributed by atoms with E-state index >= 15 is 0 Å². The molecule has 3 nitrogen and oxygen atoms in total. The number of methoxy groups -OCH3 is 1. The highest BCUT2D eigenvalue weighted by Gasteiger charge is 2.09. The van der Waals surface area contributed by atoms with Crippen molar-refractivity contribution in [2.45, 2.75) is 26.5 Å². The first-order valence-electron chi connectivity index (χ1n) is 6.82. The maximum atomic E-state index is 13.3. The van der Waals surface area contributed by atoms with Crippen LogP contribution in [0.3, 0.4) is 0 Å². The Morgan fingerprint density at radius 2 is 1.90 bits per heavy atom. The molecule has 0 aliphatic rings. The number of rotatable bonds is 5. The molecule has 0 saturated heterocycles. The number of aryl methyl sites for hydroxylation is 1. The molecule has 2 aromatic carbocycles. The Morgan fingerprint density at radius 3 is 2.57 bits per heavy atom. The average Bonchev–Trinajstić information content (AvgIpc) is 2.47. The van der Waals surface area contributed by atoms with E-state index in [-0.39, 0.29) is 11.9 Å². The molecule has 0 aliphatic carbocycles. The second-order valence-electron chi connectivity index (χ2n) is 5.06. The summed E-state index contributed by atoms with van der Waals surface area (Å²) >= 11 is 0. The Bertz CT molecular complexity index is 626. The summed E-state index contributed by atoms with van der Waals surface area (Å²) in [6, 6.07) is 10.2. The molecular weight excluding hydrogens is 269 g/mol. The Balaban J connectivity index is 2.22. The molecule has 2 aromatic rings. The average molecular weight is 289 g/mol. The zero-order valence-electron chi connectivity index (χ0n) is 12.5. The Labute approximate surface area is 124 Å². The highest BCUT2D eigenvalue weighted by atomic mass is 19.1. The monoisotopic (exact) mass is 289 g/mol. The summed E-state index contributed by atoms with van der Waals surface area (Å²) in [6.45, 7) is 4.10. The first kappa shape index (κ1) is 15.3. The molecule has 1 unspecified atom stereocenters. The largest absolute Gasteiger partial charge is 0.496 e. The third kappa shape index (κ3) is 3.73. The molecule has 21 heavy (non-hydrogen) atoms. The van der Waals surface area contributed by atoms with Gasteiger partial charge in [0.05, 0.1) is 7.11 Å². The SMILES string of the molecule is COc1ccc(C(C)N)cc1COc1cc(F)ccc1C. The van der Waals surface area contributed by atoms with Gasteiger partial charge in [-0.05, 0) is 43.2 Å². The number of hydrogen-bond acceptors (Lipinski definition) is 3. The van der Waals surface area contributed by atoms with Gasteiger partial charge in [0.2, 0.25) is 0 Å². The van der Waals surface area contributed by atoms with Gasteiger partial charge < -0.3 is 15.2 Å². The third-order valence-electron chi connectivity index (χ3n) is 3.36. The zero-order chi connectivity index (χ0) is 15.4. The molecule has 0 bridgehead atoms. The van der Waals surface area contributed by atoms with Gasteiger partial charge in [-0.15, -0.1) is 0 Å². The highest BCUT2D eigenvalue weighted by Crippen LogP contribution is 2.26. The highest BCUT2D eigenvalue weighted by molar-refractivity contribution is 5.39. The Morgan fingerprint density at radius 1 is 1.14 bits per heavy atom. The summed E-state index contributed by atoms with van der Waals surface area (Å²) < 4.78 is 24.3. The summed E-state index contributed by atoms with van der Waals surface area (Å²) in [4.78, 5) is 0. The predicted molar refractivity (Wildman–Crippen MR) is 81.1 cm³/mol. The lowest BCUT2D eigenvalue weighted by Crippen LogP contribution is -2.07. The van der Waals surface area contributed by atoms with Crippen molar-refractivity contribution in [3.8, 4) is 11.5 Å². The molecule has 2 rings (SSSR count). The molecular formula is C17H20FNO2. The molecule has 0 heterocycles. The molecule has 0 radical (unpaired) electrons. The minimum atomic E-state index is -0.313. The lowest BCUT2D eigenvalue weighted by molar-refractivity contribution is 0.293. The lowest BCUT2D eigenvalue weighted by atomic mass is 10.1. The maximum Gasteiger partial charge on any atom is 0.126 e. The van der Waals surface area contributed by atoms with Crippen molar-refractivity contribution in [1.82, 2.24) is 0 Å². The van der Waals surface area contributed by atoms with E-state index in [1.807, 2.05) is 32.0 Å². The van der Waals surface area contributed by atoms with E-state index in [0.29, 0.717) is 12.4 Å². The minimum Gasteiger partial charge on any atom is -0.496 e. The van der Waals surface area contributed by atoms with Gasteiger partial charge in [-0.3, -0.25) is 0 Å². The smallest absolute Gasteiger partial charge is 0.126 e. The van der Waals surface area contributed by atoms with Crippen LogP contribution in [-0.2, 0) is 6.61 Å². The summed E-state index contributed by atoms with van der Waals surface area (Å²) in [6.07, 6.45) is 0. The fraction of sp³-hybridized carbons (Fsp3) is 0.294. The van der Waals surface area contributed by atoms with Crippen molar-refractivity contribution >= 4 is 0 Å². The fourth-order valence-electron chi connectivity index (χ4n) is 2.08. The topological polar surface area (TPSA) is 44.5 Å². The van der Waals surface area contributed by atoms with Crippen LogP contribution in [0.4, 0.5) is 4.39 Å². The number of benzene rings is 2.